The standard InChI is InChI=1S/C11H18N2O3S/c1-8-7-12(5-6-17-8)11(16)13-4-2-3-9(13)10(14)15/h8-9H,2-7H2,1H3,(H,14,15). The quantitative estimate of drug-likeness (QED) is 0.765. The van der Waals surface area contributed by atoms with E-state index in [1.54, 1.807) is 4.90 Å². The Morgan fingerprint density at radius 2 is 2.12 bits per heavy atom. The van der Waals surface area contributed by atoms with Crippen molar-refractivity contribution < 1.29 is 14.7 Å². The molecule has 2 aliphatic heterocycles. The van der Waals surface area contributed by atoms with E-state index < -0.39 is 12.0 Å². The van der Waals surface area contributed by atoms with E-state index in [2.05, 4.69) is 6.92 Å². The number of nitrogens with zero attached hydrogens (tertiary/aromatic N) is 2. The third-order valence-corrected chi connectivity index (χ3v) is 4.43. The van der Waals surface area contributed by atoms with Crippen molar-refractivity contribution in [1.82, 2.24) is 9.80 Å². The molecule has 2 saturated heterocycles. The van der Waals surface area contributed by atoms with Gasteiger partial charge in [0.15, 0.2) is 0 Å². The molecule has 2 fully saturated rings. The molecule has 0 aromatic rings. The molecule has 0 radical (unpaired) electrons. The highest BCUT2D eigenvalue weighted by Gasteiger charge is 2.37. The van der Waals surface area contributed by atoms with Gasteiger partial charge in [0.1, 0.15) is 6.04 Å². The summed E-state index contributed by atoms with van der Waals surface area (Å²) in [6.45, 7) is 4.14. The van der Waals surface area contributed by atoms with Gasteiger partial charge in [0.25, 0.3) is 0 Å². The van der Waals surface area contributed by atoms with Crippen molar-refractivity contribution in [2.75, 3.05) is 25.4 Å². The van der Waals surface area contributed by atoms with Crippen LogP contribution in [0.4, 0.5) is 4.79 Å². The molecule has 2 heterocycles. The van der Waals surface area contributed by atoms with Gasteiger partial charge in [0.05, 0.1) is 0 Å². The second kappa shape index (κ2) is 5.16. The Balaban J connectivity index is 2.01. The number of aliphatic carboxylic acids is 1. The molecule has 1 N–H and O–H groups in total. The number of likely N-dealkylation sites (tertiary alicyclic amines) is 1. The van der Waals surface area contributed by atoms with Crippen LogP contribution in [0, 0.1) is 0 Å². The third-order valence-electron chi connectivity index (χ3n) is 3.30. The second-order valence-electron chi connectivity index (χ2n) is 4.60. The zero-order chi connectivity index (χ0) is 12.4. The number of carbonyl (C=O) groups excluding carboxylic acids is 1. The van der Waals surface area contributed by atoms with E-state index in [-0.39, 0.29) is 6.03 Å². The Kier molecular flexibility index (Phi) is 3.81. The van der Waals surface area contributed by atoms with Gasteiger partial charge in [-0.25, -0.2) is 9.59 Å². The number of hydrogen-bond acceptors (Lipinski definition) is 3. The van der Waals surface area contributed by atoms with Crippen LogP contribution in [0.15, 0.2) is 0 Å². The van der Waals surface area contributed by atoms with E-state index in [9.17, 15) is 9.59 Å². The fourth-order valence-electron chi connectivity index (χ4n) is 2.43. The molecule has 0 bridgehead atoms. The van der Waals surface area contributed by atoms with Crippen molar-refractivity contribution in [2.24, 2.45) is 0 Å². The molecular formula is C11H18N2O3S. The first-order valence-electron chi connectivity index (χ1n) is 5.99. The maximum absolute atomic E-state index is 12.2. The van der Waals surface area contributed by atoms with Gasteiger partial charge in [0, 0.05) is 30.6 Å². The molecule has 2 rings (SSSR count). The molecular weight excluding hydrogens is 240 g/mol. The van der Waals surface area contributed by atoms with Crippen LogP contribution in [0.3, 0.4) is 0 Å². The normalized spacial score (nSPS) is 29.5. The smallest absolute Gasteiger partial charge is 0.326 e. The average Bonchev–Trinajstić information content (AvgIpc) is 2.77. The number of thioether (sulfide) groups is 1. The first-order valence-corrected chi connectivity index (χ1v) is 7.04. The van der Waals surface area contributed by atoms with E-state index in [1.807, 2.05) is 11.8 Å². The van der Waals surface area contributed by atoms with Gasteiger partial charge >= 0.3 is 12.0 Å². The molecule has 2 aliphatic rings. The van der Waals surface area contributed by atoms with Crippen molar-refractivity contribution in [1.29, 1.82) is 0 Å². The topological polar surface area (TPSA) is 60.9 Å². The number of hydrogen-bond donors (Lipinski definition) is 1. The minimum Gasteiger partial charge on any atom is -0.480 e. The second-order valence-corrected chi connectivity index (χ2v) is 6.15. The highest BCUT2D eigenvalue weighted by molar-refractivity contribution is 7.99. The lowest BCUT2D eigenvalue weighted by molar-refractivity contribution is -0.141. The van der Waals surface area contributed by atoms with E-state index in [0.717, 1.165) is 25.3 Å². The highest BCUT2D eigenvalue weighted by atomic mass is 32.2. The summed E-state index contributed by atoms with van der Waals surface area (Å²) in [5.41, 5.74) is 0. The Labute approximate surface area is 105 Å². The minimum absolute atomic E-state index is 0.0953. The molecule has 0 saturated carbocycles. The number of urea groups is 1. The van der Waals surface area contributed by atoms with Gasteiger partial charge in [-0.1, -0.05) is 6.92 Å². The van der Waals surface area contributed by atoms with Gasteiger partial charge < -0.3 is 14.9 Å². The van der Waals surface area contributed by atoms with Crippen LogP contribution in [0.25, 0.3) is 0 Å². The third kappa shape index (κ3) is 2.68. The lowest BCUT2D eigenvalue weighted by Gasteiger charge is -2.34. The molecule has 0 spiro atoms. The first-order chi connectivity index (χ1) is 8.09. The molecule has 17 heavy (non-hydrogen) atoms. The predicted octanol–water partition coefficient (Wildman–Crippen LogP) is 1.09. The van der Waals surface area contributed by atoms with Gasteiger partial charge in [-0.2, -0.15) is 11.8 Å². The van der Waals surface area contributed by atoms with E-state index in [1.165, 1.54) is 4.90 Å². The van der Waals surface area contributed by atoms with E-state index in [4.69, 9.17) is 5.11 Å². The van der Waals surface area contributed by atoms with Crippen molar-refractivity contribution in [3.8, 4) is 0 Å². The number of rotatable bonds is 1. The summed E-state index contributed by atoms with van der Waals surface area (Å²) in [7, 11) is 0. The van der Waals surface area contributed by atoms with Crippen molar-refractivity contribution in [2.45, 2.75) is 31.1 Å². The zero-order valence-electron chi connectivity index (χ0n) is 9.96. The summed E-state index contributed by atoms with van der Waals surface area (Å²) in [4.78, 5) is 26.6. The summed E-state index contributed by atoms with van der Waals surface area (Å²) < 4.78 is 0. The van der Waals surface area contributed by atoms with Crippen molar-refractivity contribution in [3.05, 3.63) is 0 Å². The van der Waals surface area contributed by atoms with Crippen LogP contribution < -0.4 is 0 Å². The van der Waals surface area contributed by atoms with Crippen LogP contribution in [-0.4, -0.2) is 63.6 Å². The maximum atomic E-state index is 12.2. The van der Waals surface area contributed by atoms with E-state index >= 15 is 0 Å². The predicted molar refractivity (Wildman–Crippen MR) is 66.3 cm³/mol. The Bertz CT molecular complexity index is 324. The van der Waals surface area contributed by atoms with Gasteiger partial charge in [-0.05, 0) is 12.8 Å². The summed E-state index contributed by atoms with van der Waals surface area (Å²) in [5.74, 6) is 0.0636. The van der Waals surface area contributed by atoms with Crippen LogP contribution in [0.5, 0.6) is 0 Å². The number of carboxylic acids is 1. The Morgan fingerprint density at radius 1 is 1.35 bits per heavy atom. The number of amides is 2. The monoisotopic (exact) mass is 258 g/mol. The van der Waals surface area contributed by atoms with Crippen LogP contribution in [0.2, 0.25) is 0 Å². The Hall–Kier alpha value is -0.910. The molecule has 0 aliphatic carbocycles. The molecule has 0 aromatic carbocycles. The van der Waals surface area contributed by atoms with Crippen LogP contribution in [0.1, 0.15) is 19.8 Å². The zero-order valence-corrected chi connectivity index (χ0v) is 10.8. The van der Waals surface area contributed by atoms with Crippen molar-refractivity contribution in [3.63, 3.8) is 0 Å². The first kappa shape index (κ1) is 12.5. The molecule has 2 atom stereocenters. The molecule has 2 unspecified atom stereocenters. The van der Waals surface area contributed by atoms with Crippen molar-refractivity contribution >= 4 is 23.8 Å². The molecule has 96 valence electrons. The summed E-state index contributed by atoms with van der Waals surface area (Å²) in [5, 5.41) is 9.51. The summed E-state index contributed by atoms with van der Waals surface area (Å²) in [6.07, 6.45) is 1.38. The molecule has 5 nitrogen and oxygen atoms in total. The van der Waals surface area contributed by atoms with E-state index in [0.29, 0.717) is 18.2 Å². The molecule has 6 heteroatoms. The summed E-state index contributed by atoms with van der Waals surface area (Å²) in [6, 6.07) is -0.713. The molecule has 2 amide bonds. The van der Waals surface area contributed by atoms with Gasteiger partial charge in [-0.3, -0.25) is 0 Å². The number of carboxylic acid groups (broad SMARTS) is 1. The molecule has 0 aromatic heterocycles. The maximum Gasteiger partial charge on any atom is 0.326 e. The highest BCUT2D eigenvalue weighted by Crippen LogP contribution is 2.23. The van der Waals surface area contributed by atoms with Crippen LogP contribution >= 0.6 is 11.8 Å². The average molecular weight is 258 g/mol. The SMILES string of the molecule is CC1CN(C(=O)N2CCCC2C(=O)O)CCS1. The Morgan fingerprint density at radius 3 is 2.76 bits per heavy atom. The number of carbonyl (C=O) groups is 2. The lowest BCUT2D eigenvalue weighted by Crippen LogP contribution is -2.51. The fourth-order valence-corrected chi connectivity index (χ4v) is 3.44. The minimum atomic E-state index is -0.879. The van der Waals surface area contributed by atoms with Gasteiger partial charge in [0.2, 0.25) is 0 Å². The summed E-state index contributed by atoms with van der Waals surface area (Å²) >= 11 is 1.86. The fraction of sp³-hybridized carbons (Fsp3) is 0.818. The van der Waals surface area contributed by atoms with Gasteiger partial charge in [-0.15, -0.1) is 0 Å². The largest absolute Gasteiger partial charge is 0.480 e. The lowest BCUT2D eigenvalue weighted by atomic mass is 10.2. The van der Waals surface area contributed by atoms with Crippen LogP contribution in [-0.2, 0) is 4.79 Å².